The molecular weight excluding hydrogens is 374 g/mol. The van der Waals surface area contributed by atoms with Crippen molar-refractivity contribution >= 4 is 22.4 Å². The quantitative estimate of drug-likeness (QED) is 0.643. The summed E-state index contributed by atoms with van der Waals surface area (Å²) in [6.45, 7) is 3.90. The van der Waals surface area contributed by atoms with Crippen LogP contribution < -0.4 is 11.1 Å². The highest BCUT2D eigenvalue weighted by molar-refractivity contribution is 5.92. The maximum atomic E-state index is 5.98. The zero-order valence-electron chi connectivity index (χ0n) is 17.3. The molecule has 0 amide bonds. The molecule has 0 radical (unpaired) electrons. The molecule has 5 rings (SSSR count). The summed E-state index contributed by atoms with van der Waals surface area (Å²) in [7, 11) is 0. The zero-order valence-corrected chi connectivity index (χ0v) is 17.3. The van der Waals surface area contributed by atoms with Gasteiger partial charge in [0.25, 0.3) is 0 Å². The Kier molecular flexibility index (Phi) is 5.51. The van der Waals surface area contributed by atoms with Crippen LogP contribution in [0.1, 0.15) is 25.7 Å². The number of morpholine rings is 1. The number of nitrogen functional groups attached to an aromatic ring is 1. The van der Waals surface area contributed by atoms with Crippen LogP contribution in [0.25, 0.3) is 22.0 Å². The van der Waals surface area contributed by atoms with Gasteiger partial charge in [0.05, 0.1) is 18.7 Å². The SMILES string of the molecule is Nc1cccc(-c2ccc3ncnc(NC4CCC(N5CCOCC5)CC4)c3c2)c1. The molecule has 1 aliphatic carbocycles. The summed E-state index contributed by atoms with van der Waals surface area (Å²) in [6, 6.07) is 15.5. The van der Waals surface area contributed by atoms with E-state index in [2.05, 4.69) is 44.5 Å². The monoisotopic (exact) mass is 403 g/mol. The number of ether oxygens (including phenoxy) is 1. The molecule has 2 aromatic carbocycles. The van der Waals surface area contributed by atoms with E-state index in [1.165, 1.54) is 25.7 Å². The first-order valence-electron chi connectivity index (χ1n) is 11.0. The van der Waals surface area contributed by atoms with Crippen LogP contribution in [-0.4, -0.2) is 53.3 Å². The molecule has 0 atom stereocenters. The van der Waals surface area contributed by atoms with Crippen molar-refractivity contribution < 1.29 is 4.74 Å². The second-order valence-corrected chi connectivity index (χ2v) is 8.38. The summed E-state index contributed by atoms with van der Waals surface area (Å²) in [6.07, 6.45) is 6.46. The lowest BCUT2D eigenvalue weighted by molar-refractivity contribution is 0.00791. The molecule has 156 valence electrons. The number of aromatic nitrogens is 2. The van der Waals surface area contributed by atoms with Crippen LogP contribution >= 0.6 is 0 Å². The topological polar surface area (TPSA) is 76.3 Å². The number of hydrogen-bond donors (Lipinski definition) is 2. The highest BCUT2D eigenvalue weighted by Gasteiger charge is 2.27. The number of nitrogens with zero attached hydrogens (tertiary/aromatic N) is 3. The maximum absolute atomic E-state index is 5.98. The molecule has 2 aliphatic rings. The molecule has 3 aromatic rings. The number of nitrogens with two attached hydrogens (primary N) is 1. The van der Waals surface area contributed by atoms with E-state index in [9.17, 15) is 0 Å². The van der Waals surface area contributed by atoms with Gasteiger partial charge >= 0.3 is 0 Å². The lowest BCUT2D eigenvalue weighted by Crippen LogP contribution is -2.46. The van der Waals surface area contributed by atoms with Crippen molar-refractivity contribution in [1.29, 1.82) is 0 Å². The van der Waals surface area contributed by atoms with Crippen molar-refractivity contribution in [2.75, 3.05) is 37.4 Å². The van der Waals surface area contributed by atoms with Crippen LogP contribution in [0, 0.1) is 0 Å². The fourth-order valence-electron chi connectivity index (χ4n) is 4.79. The Morgan fingerprint density at radius 2 is 1.73 bits per heavy atom. The molecule has 6 nitrogen and oxygen atoms in total. The third-order valence-corrected chi connectivity index (χ3v) is 6.45. The van der Waals surface area contributed by atoms with Crippen molar-refractivity contribution in [2.24, 2.45) is 0 Å². The average Bonchev–Trinajstić information content (AvgIpc) is 2.80. The first-order valence-corrected chi connectivity index (χ1v) is 11.0. The van der Waals surface area contributed by atoms with Gasteiger partial charge < -0.3 is 15.8 Å². The summed E-state index contributed by atoms with van der Waals surface area (Å²) in [5.74, 6) is 0.931. The lowest BCUT2D eigenvalue weighted by atomic mass is 9.90. The van der Waals surface area contributed by atoms with Gasteiger partial charge in [-0.1, -0.05) is 18.2 Å². The number of anilines is 2. The number of fused-ring (bicyclic) bond motifs is 1. The molecule has 3 N–H and O–H groups in total. The van der Waals surface area contributed by atoms with Crippen LogP contribution in [-0.2, 0) is 4.74 Å². The van der Waals surface area contributed by atoms with Gasteiger partial charge in [-0.25, -0.2) is 9.97 Å². The van der Waals surface area contributed by atoms with E-state index < -0.39 is 0 Å². The third kappa shape index (κ3) is 4.11. The van der Waals surface area contributed by atoms with Crippen LogP contribution in [0.2, 0.25) is 0 Å². The van der Waals surface area contributed by atoms with Crippen LogP contribution in [0.5, 0.6) is 0 Å². The predicted molar refractivity (Wildman–Crippen MR) is 121 cm³/mol. The molecule has 2 fully saturated rings. The second-order valence-electron chi connectivity index (χ2n) is 8.38. The molecule has 2 heterocycles. The minimum atomic E-state index is 0.455. The molecule has 0 spiro atoms. The van der Waals surface area contributed by atoms with Gasteiger partial charge in [0, 0.05) is 36.2 Å². The highest BCUT2D eigenvalue weighted by atomic mass is 16.5. The summed E-state index contributed by atoms with van der Waals surface area (Å²) < 4.78 is 5.50. The Balaban J connectivity index is 1.32. The molecule has 0 bridgehead atoms. The van der Waals surface area contributed by atoms with Crippen molar-refractivity contribution in [3.05, 3.63) is 48.8 Å². The summed E-state index contributed by atoms with van der Waals surface area (Å²) in [5, 5.41) is 4.78. The van der Waals surface area contributed by atoms with Crippen molar-refractivity contribution in [2.45, 2.75) is 37.8 Å². The van der Waals surface area contributed by atoms with E-state index in [1.807, 2.05) is 18.2 Å². The fraction of sp³-hybridized carbons (Fsp3) is 0.417. The molecule has 1 aromatic heterocycles. The Labute approximate surface area is 177 Å². The lowest BCUT2D eigenvalue weighted by Gasteiger charge is -2.39. The Morgan fingerprint density at radius 3 is 2.53 bits per heavy atom. The number of nitrogens with one attached hydrogen (secondary N) is 1. The van der Waals surface area contributed by atoms with Crippen molar-refractivity contribution in [1.82, 2.24) is 14.9 Å². The van der Waals surface area contributed by atoms with Gasteiger partial charge in [0.1, 0.15) is 12.1 Å². The highest BCUT2D eigenvalue weighted by Crippen LogP contribution is 2.30. The normalized spacial score (nSPS) is 22.8. The third-order valence-electron chi connectivity index (χ3n) is 6.45. The molecule has 1 aliphatic heterocycles. The van der Waals surface area contributed by atoms with E-state index in [-0.39, 0.29) is 0 Å². The fourth-order valence-corrected chi connectivity index (χ4v) is 4.79. The summed E-state index contributed by atoms with van der Waals surface area (Å²) >= 11 is 0. The minimum absolute atomic E-state index is 0.455. The van der Waals surface area contributed by atoms with E-state index >= 15 is 0 Å². The van der Waals surface area contributed by atoms with E-state index in [0.29, 0.717) is 12.1 Å². The maximum Gasteiger partial charge on any atom is 0.137 e. The number of rotatable bonds is 4. The van der Waals surface area contributed by atoms with E-state index in [0.717, 1.165) is 59.8 Å². The van der Waals surface area contributed by atoms with Gasteiger partial charge in [-0.05, 0) is 61.1 Å². The largest absolute Gasteiger partial charge is 0.399 e. The van der Waals surface area contributed by atoms with Crippen molar-refractivity contribution in [3.63, 3.8) is 0 Å². The van der Waals surface area contributed by atoms with Crippen LogP contribution in [0.4, 0.5) is 11.5 Å². The number of hydrogen-bond acceptors (Lipinski definition) is 6. The summed E-state index contributed by atoms with van der Waals surface area (Å²) in [5.41, 5.74) is 9.95. The van der Waals surface area contributed by atoms with E-state index in [4.69, 9.17) is 10.5 Å². The van der Waals surface area contributed by atoms with Crippen molar-refractivity contribution in [3.8, 4) is 11.1 Å². The molecule has 1 saturated carbocycles. The average molecular weight is 404 g/mol. The molecular formula is C24H29N5O. The van der Waals surface area contributed by atoms with Gasteiger partial charge in [0.15, 0.2) is 0 Å². The molecule has 30 heavy (non-hydrogen) atoms. The molecule has 1 saturated heterocycles. The Bertz CT molecular complexity index is 1010. The van der Waals surface area contributed by atoms with Crippen LogP contribution in [0.15, 0.2) is 48.8 Å². The zero-order chi connectivity index (χ0) is 20.3. The van der Waals surface area contributed by atoms with E-state index in [1.54, 1.807) is 6.33 Å². The summed E-state index contributed by atoms with van der Waals surface area (Å²) in [4.78, 5) is 11.7. The van der Waals surface area contributed by atoms with Gasteiger partial charge in [-0.3, -0.25) is 4.90 Å². The Morgan fingerprint density at radius 1 is 0.933 bits per heavy atom. The predicted octanol–water partition coefficient (Wildman–Crippen LogP) is 3.93. The van der Waals surface area contributed by atoms with Gasteiger partial charge in [-0.2, -0.15) is 0 Å². The first kappa shape index (κ1) is 19.3. The first-order chi connectivity index (χ1) is 14.8. The minimum Gasteiger partial charge on any atom is -0.399 e. The van der Waals surface area contributed by atoms with Crippen LogP contribution in [0.3, 0.4) is 0 Å². The van der Waals surface area contributed by atoms with Gasteiger partial charge in [0.2, 0.25) is 0 Å². The standard InChI is InChI=1S/C24H29N5O/c25-19-3-1-2-17(14-19)18-4-9-23-22(15-18)24(27-16-26-23)28-20-5-7-21(8-6-20)29-10-12-30-13-11-29/h1-4,9,14-16,20-21H,5-8,10-13,25H2,(H,26,27,28). The van der Waals surface area contributed by atoms with Gasteiger partial charge in [-0.15, -0.1) is 0 Å². The smallest absolute Gasteiger partial charge is 0.137 e. The second kappa shape index (κ2) is 8.58. The number of benzene rings is 2. The molecule has 0 unspecified atom stereocenters. The Hall–Kier alpha value is -2.70. The molecule has 6 heteroatoms.